The standard InChI is InChI=1S/C31H30N2O6/c1-19-10-13-25(23(16-19)31(35)39-5)33-27-15-12-21(18-29(27)37-3)20-11-14-26(28(17-20)36-2)32-24-9-7-6-8-22(24)30(34)38-4/h6-18,32-33H,1-5H3. The molecule has 0 heterocycles. The van der Waals surface area contributed by atoms with Crippen molar-refractivity contribution in [3.05, 3.63) is 95.6 Å². The maximum Gasteiger partial charge on any atom is 0.339 e. The summed E-state index contributed by atoms with van der Waals surface area (Å²) in [4.78, 5) is 24.5. The van der Waals surface area contributed by atoms with Crippen LogP contribution in [0.4, 0.5) is 22.7 Å². The Labute approximate surface area is 227 Å². The van der Waals surface area contributed by atoms with Crippen molar-refractivity contribution in [1.82, 2.24) is 0 Å². The fourth-order valence-corrected chi connectivity index (χ4v) is 4.16. The summed E-state index contributed by atoms with van der Waals surface area (Å²) in [5, 5.41) is 6.56. The molecule has 200 valence electrons. The second kappa shape index (κ2) is 12.0. The maximum absolute atomic E-state index is 12.3. The molecule has 4 aromatic rings. The van der Waals surface area contributed by atoms with Crippen molar-refractivity contribution in [2.75, 3.05) is 39.1 Å². The Bertz CT molecular complexity index is 1520. The summed E-state index contributed by atoms with van der Waals surface area (Å²) >= 11 is 0. The number of methoxy groups -OCH3 is 4. The molecule has 8 nitrogen and oxygen atoms in total. The summed E-state index contributed by atoms with van der Waals surface area (Å²) in [6, 6.07) is 24.1. The minimum absolute atomic E-state index is 0.419. The number of carbonyl (C=O) groups excluding carboxylic acids is 2. The summed E-state index contributed by atoms with van der Waals surface area (Å²) in [5.41, 5.74) is 6.20. The molecule has 4 aromatic carbocycles. The molecule has 39 heavy (non-hydrogen) atoms. The second-order valence-electron chi connectivity index (χ2n) is 8.66. The fraction of sp³-hybridized carbons (Fsp3) is 0.161. The predicted octanol–water partition coefficient (Wildman–Crippen LogP) is 6.74. The van der Waals surface area contributed by atoms with Gasteiger partial charge in [-0.15, -0.1) is 0 Å². The third kappa shape index (κ3) is 5.96. The molecule has 2 N–H and O–H groups in total. The fourth-order valence-electron chi connectivity index (χ4n) is 4.16. The lowest BCUT2D eigenvalue weighted by atomic mass is 10.0. The summed E-state index contributed by atoms with van der Waals surface area (Å²) in [6.07, 6.45) is 0. The van der Waals surface area contributed by atoms with E-state index in [-0.39, 0.29) is 0 Å². The quantitative estimate of drug-likeness (QED) is 0.232. The molecule has 0 aromatic heterocycles. The number of nitrogens with one attached hydrogen (secondary N) is 2. The summed E-state index contributed by atoms with van der Waals surface area (Å²) < 4.78 is 21.2. The maximum atomic E-state index is 12.3. The van der Waals surface area contributed by atoms with Gasteiger partial charge in [0.25, 0.3) is 0 Å². The molecule has 0 amide bonds. The lowest BCUT2D eigenvalue weighted by Gasteiger charge is -2.17. The van der Waals surface area contributed by atoms with Crippen molar-refractivity contribution in [2.24, 2.45) is 0 Å². The van der Waals surface area contributed by atoms with Crippen LogP contribution in [0.5, 0.6) is 11.5 Å². The number of hydrogen-bond donors (Lipinski definition) is 2. The van der Waals surface area contributed by atoms with Gasteiger partial charge in [0, 0.05) is 0 Å². The molecule has 0 aliphatic heterocycles. The Morgan fingerprint density at radius 2 is 1.05 bits per heavy atom. The SMILES string of the molecule is COC(=O)c1ccccc1Nc1ccc(-c2ccc(Nc3ccc(C)cc3C(=O)OC)c(OC)c2)cc1OC. The van der Waals surface area contributed by atoms with E-state index in [4.69, 9.17) is 18.9 Å². The van der Waals surface area contributed by atoms with Crippen molar-refractivity contribution in [3.8, 4) is 22.6 Å². The van der Waals surface area contributed by atoms with E-state index in [0.29, 0.717) is 45.4 Å². The highest BCUT2D eigenvalue weighted by Gasteiger charge is 2.16. The molecular weight excluding hydrogens is 496 g/mol. The van der Waals surface area contributed by atoms with E-state index >= 15 is 0 Å². The number of benzene rings is 4. The second-order valence-corrected chi connectivity index (χ2v) is 8.66. The molecule has 0 aliphatic rings. The van der Waals surface area contributed by atoms with Gasteiger partial charge in [0.05, 0.1) is 62.3 Å². The van der Waals surface area contributed by atoms with Crippen molar-refractivity contribution >= 4 is 34.7 Å². The largest absolute Gasteiger partial charge is 0.495 e. The van der Waals surface area contributed by atoms with E-state index in [9.17, 15) is 9.59 Å². The number of hydrogen-bond acceptors (Lipinski definition) is 8. The van der Waals surface area contributed by atoms with Gasteiger partial charge in [-0.1, -0.05) is 35.9 Å². The first-order valence-corrected chi connectivity index (χ1v) is 12.1. The molecule has 0 saturated heterocycles. The Morgan fingerprint density at radius 1 is 0.564 bits per heavy atom. The molecule has 4 rings (SSSR count). The van der Waals surface area contributed by atoms with E-state index in [0.717, 1.165) is 16.7 Å². The number of anilines is 4. The van der Waals surface area contributed by atoms with E-state index in [1.807, 2.05) is 61.5 Å². The van der Waals surface area contributed by atoms with Crippen LogP contribution in [0.15, 0.2) is 78.9 Å². The number of rotatable bonds is 9. The molecule has 0 saturated carbocycles. The van der Waals surface area contributed by atoms with E-state index in [1.54, 1.807) is 38.5 Å². The molecule has 0 aliphatic carbocycles. The van der Waals surface area contributed by atoms with Gasteiger partial charge < -0.3 is 29.6 Å². The number of carbonyl (C=O) groups is 2. The van der Waals surface area contributed by atoms with Gasteiger partial charge in [0.15, 0.2) is 0 Å². The van der Waals surface area contributed by atoms with Crippen LogP contribution in [0.3, 0.4) is 0 Å². The molecule has 0 spiro atoms. The number of para-hydroxylation sites is 1. The Balaban J connectivity index is 1.64. The molecule has 0 atom stereocenters. The minimum atomic E-state index is -0.432. The van der Waals surface area contributed by atoms with Crippen LogP contribution in [0.1, 0.15) is 26.3 Å². The zero-order valence-electron chi connectivity index (χ0n) is 22.5. The van der Waals surface area contributed by atoms with Crippen LogP contribution in [-0.2, 0) is 9.47 Å². The first kappa shape index (κ1) is 27.1. The molecule has 0 fully saturated rings. The van der Waals surface area contributed by atoms with Gasteiger partial charge in [-0.05, 0) is 66.6 Å². The molecular formula is C31H30N2O6. The smallest absolute Gasteiger partial charge is 0.339 e. The molecule has 0 unspecified atom stereocenters. The highest BCUT2D eigenvalue weighted by molar-refractivity contribution is 5.98. The molecule has 8 heteroatoms. The molecule has 0 bridgehead atoms. The Hall–Kier alpha value is -4.98. The highest BCUT2D eigenvalue weighted by Crippen LogP contribution is 2.37. The van der Waals surface area contributed by atoms with Crippen LogP contribution >= 0.6 is 0 Å². The van der Waals surface area contributed by atoms with Crippen molar-refractivity contribution in [2.45, 2.75) is 6.92 Å². The van der Waals surface area contributed by atoms with E-state index in [1.165, 1.54) is 14.2 Å². The predicted molar refractivity (Wildman–Crippen MR) is 152 cm³/mol. The lowest BCUT2D eigenvalue weighted by Crippen LogP contribution is -2.06. The lowest BCUT2D eigenvalue weighted by molar-refractivity contribution is 0.0593. The first-order valence-electron chi connectivity index (χ1n) is 12.1. The van der Waals surface area contributed by atoms with Gasteiger partial charge in [-0.25, -0.2) is 9.59 Å². The third-order valence-electron chi connectivity index (χ3n) is 6.19. The number of ether oxygens (including phenoxy) is 4. The minimum Gasteiger partial charge on any atom is -0.495 e. The number of aryl methyl sites for hydroxylation is 1. The topological polar surface area (TPSA) is 95.1 Å². The van der Waals surface area contributed by atoms with E-state index in [2.05, 4.69) is 10.6 Å². The zero-order valence-corrected chi connectivity index (χ0v) is 22.5. The van der Waals surface area contributed by atoms with Gasteiger partial charge in [0.2, 0.25) is 0 Å². The van der Waals surface area contributed by atoms with Gasteiger partial charge in [-0.2, -0.15) is 0 Å². The van der Waals surface area contributed by atoms with Crippen molar-refractivity contribution < 1.29 is 28.5 Å². The number of esters is 2. The normalized spacial score (nSPS) is 10.4. The van der Waals surface area contributed by atoms with Gasteiger partial charge >= 0.3 is 11.9 Å². The van der Waals surface area contributed by atoms with Gasteiger partial charge in [-0.3, -0.25) is 0 Å². The van der Waals surface area contributed by atoms with Crippen LogP contribution < -0.4 is 20.1 Å². The Kier molecular flexibility index (Phi) is 8.36. The first-order chi connectivity index (χ1) is 18.9. The third-order valence-corrected chi connectivity index (χ3v) is 6.19. The van der Waals surface area contributed by atoms with Crippen LogP contribution in [-0.4, -0.2) is 40.4 Å². The molecule has 0 radical (unpaired) electrons. The zero-order chi connectivity index (χ0) is 27.9. The van der Waals surface area contributed by atoms with Crippen LogP contribution in [0, 0.1) is 6.92 Å². The monoisotopic (exact) mass is 526 g/mol. The van der Waals surface area contributed by atoms with Crippen LogP contribution in [0.2, 0.25) is 0 Å². The average molecular weight is 527 g/mol. The summed E-state index contributed by atoms with van der Waals surface area (Å²) in [6.45, 7) is 1.92. The summed E-state index contributed by atoms with van der Waals surface area (Å²) in [5.74, 6) is 0.332. The van der Waals surface area contributed by atoms with Crippen LogP contribution in [0.25, 0.3) is 11.1 Å². The van der Waals surface area contributed by atoms with Crippen molar-refractivity contribution in [1.29, 1.82) is 0 Å². The average Bonchev–Trinajstić information content (AvgIpc) is 2.97. The summed E-state index contributed by atoms with van der Waals surface area (Å²) in [7, 11) is 5.89. The highest BCUT2D eigenvalue weighted by atomic mass is 16.5. The van der Waals surface area contributed by atoms with E-state index < -0.39 is 11.9 Å². The Morgan fingerprint density at radius 3 is 1.59 bits per heavy atom. The van der Waals surface area contributed by atoms with Gasteiger partial charge in [0.1, 0.15) is 11.5 Å². The van der Waals surface area contributed by atoms with Crippen molar-refractivity contribution in [3.63, 3.8) is 0 Å².